The Labute approximate surface area is 119 Å². The van der Waals surface area contributed by atoms with Gasteiger partial charge in [-0.15, -0.1) is 0 Å². The predicted molar refractivity (Wildman–Crippen MR) is 74.5 cm³/mol. The zero-order valence-electron chi connectivity index (χ0n) is 10.8. The molecule has 0 radical (unpaired) electrons. The number of nitrogens with one attached hydrogen (secondary N) is 1. The summed E-state index contributed by atoms with van der Waals surface area (Å²) in [5.41, 5.74) is 0.554. The molecule has 1 N–H and O–H groups in total. The Morgan fingerprint density at radius 2 is 2.15 bits per heavy atom. The maximum atomic E-state index is 10.7. The molecule has 0 unspecified atom stereocenters. The SMILES string of the molecule is CNc1ncnc(Oc2ccc([N+](=O)[O-])c(Cl)c2)c1C. The van der Waals surface area contributed by atoms with E-state index < -0.39 is 4.92 Å². The zero-order chi connectivity index (χ0) is 14.7. The minimum atomic E-state index is -0.554. The summed E-state index contributed by atoms with van der Waals surface area (Å²) in [6, 6.07) is 4.12. The van der Waals surface area contributed by atoms with Crippen molar-refractivity contribution in [3.63, 3.8) is 0 Å². The highest BCUT2D eigenvalue weighted by Gasteiger charge is 2.14. The van der Waals surface area contributed by atoms with Crippen molar-refractivity contribution in [2.45, 2.75) is 6.92 Å². The zero-order valence-corrected chi connectivity index (χ0v) is 11.5. The molecular formula is C12H11ClN4O3. The van der Waals surface area contributed by atoms with Crippen molar-refractivity contribution >= 4 is 23.1 Å². The van der Waals surface area contributed by atoms with Crippen molar-refractivity contribution in [1.82, 2.24) is 9.97 Å². The molecule has 0 aliphatic rings. The van der Waals surface area contributed by atoms with Crippen LogP contribution in [0.25, 0.3) is 0 Å². The van der Waals surface area contributed by atoms with Crippen molar-refractivity contribution in [2.75, 3.05) is 12.4 Å². The molecule has 1 aromatic carbocycles. The minimum absolute atomic E-state index is 0.00745. The molecule has 0 fully saturated rings. The van der Waals surface area contributed by atoms with E-state index in [4.69, 9.17) is 16.3 Å². The standard InChI is InChI=1S/C12H11ClN4O3/c1-7-11(14-2)15-6-16-12(7)20-8-3-4-10(17(18)19)9(13)5-8/h3-6H,1-2H3,(H,14,15,16). The van der Waals surface area contributed by atoms with Crippen LogP contribution in [0, 0.1) is 17.0 Å². The van der Waals surface area contributed by atoms with Gasteiger partial charge in [0.05, 0.1) is 10.5 Å². The number of hydrogen-bond donors (Lipinski definition) is 1. The minimum Gasteiger partial charge on any atom is -0.438 e. The van der Waals surface area contributed by atoms with E-state index >= 15 is 0 Å². The van der Waals surface area contributed by atoms with Crippen molar-refractivity contribution < 1.29 is 9.66 Å². The van der Waals surface area contributed by atoms with Crippen molar-refractivity contribution in [2.24, 2.45) is 0 Å². The summed E-state index contributed by atoms with van der Waals surface area (Å²) < 4.78 is 5.57. The van der Waals surface area contributed by atoms with Gasteiger partial charge in [-0.3, -0.25) is 10.1 Å². The fraction of sp³-hybridized carbons (Fsp3) is 0.167. The third-order valence-electron chi connectivity index (χ3n) is 2.60. The summed E-state index contributed by atoms with van der Waals surface area (Å²) >= 11 is 5.82. The van der Waals surface area contributed by atoms with Gasteiger partial charge < -0.3 is 10.1 Å². The molecule has 1 aromatic heterocycles. The van der Waals surface area contributed by atoms with Gasteiger partial charge in [0.25, 0.3) is 5.69 Å². The smallest absolute Gasteiger partial charge is 0.288 e. The Balaban J connectivity index is 2.31. The van der Waals surface area contributed by atoms with Gasteiger partial charge in [-0.1, -0.05) is 11.6 Å². The highest BCUT2D eigenvalue weighted by atomic mass is 35.5. The summed E-state index contributed by atoms with van der Waals surface area (Å²) in [4.78, 5) is 18.2. The van der Waals surface area contributed by atoms with Crippen molar-refractivity contribution in [1.29, 1.82) is 0 Å². The van der Waals surface area contributed by atoms with Crippen LogP contribution < -0.4 is 10.1 Å². The normalized spacial score (nSPS) is 10.2. The molecule has 8 heteroatoms. The largest absolute Gasteiger partial charge is 0.438 e. The van der Waals surface area contributed by atoms with Crippen LogP contribution in [0.2, 0.25) is 5.02 Å². The molecule has 0 amide bonds. The third kappa shape index (κ3) is 2.77. The molecule has 104 valence electrons. The summed E-state index contributed by atoms with van der Waals surface area (Å²) in [6.45, 7) is 1.80. The van der Waals surface area contributed by atoms with Gasteiger partial charge in [0.2, 0.25) is 5.88 Å². The predicted octanol–water partition coefficient (Wildman–Crippen LogP) is 3.18. The van der Waals surface area contributed by atoms with E-state index in [0.29, 0.717) is 17.4 Å². The van der Waals surface area contributed by atoms with Gasteiger partial charge in [0.15, 0.2) is 0 Å². The Kier molecular flexibility index (Phi) is 3.99. The lowest BCUT2D eigenvalue weighted by atomic mass is 10.3. The number of ether oxygens (including phenoxy) is 1. The molecule has 2 aromatic rings. The number of halogens is 1. The molecule has 0 aliphatic heterocycles. The monoisotopic (exact) mass is 294 g/mol. The summed E-state index contributed by atoms with van der Waals surface area (Å²) in [6.07, 6.45) is 1.36. The third-order valence-corrected chi connectivity index (χ3v) is 2.91. The molecule has 0 spiro atoms. The second-order valence-electron chi connectivity index (χ2n) is 3.87. The molecular weight excluding hydrogens is 284 g/mol. The van der Waals surface area contributed by atoms with Gasteiger partial charge in [-0.05, 0) is 13.0 Å². The number of hydrogen-bond acceptors (Lipinski definition) is 6. The quantitative estimate of drug-likeness (QED) is 0.688. The second kappa shape index (κ2) is 5.70. The highest BCUT2D eigenvalue weighted by Crippen LogP contribution is 2.32. The van der Waals surface area contributed by atoms with Crippen LogP contribution in [-0.4, -0.2) is 21.9 Å². The van der Waals surface area contributed by atoms with Gasteiger partial charge >= 0.3 is 0 Å². The van der Waals surface area contributed by atoms with E-state index in [0.717, 1.165) is 5.56 Å². The van der Waals surface area contributed by atoms with Crippen LogP contribution >= 0.6 is 11.6 Å². The lowest BCUT2D eigenvalue weighted by Crippen LogP contribution is -2.00. The van der Waals surface area contributed by atoms with Gasteiger partial charge in [0, 0.05) is 19.2 Å². The topological polar surface area (TPSA) is 90.2 Å². The molecule has 20 heavy (non-hydrogen) atoms. The number of nitro benzene ring substituents is 1. The Morgan fingerprint density at radius 3 is 2.75 bits per heavy atom. The second-order valence-corrected chi connectivity index (χ2v) is 4.28. The molecule has 2 rings (SSSR count). The van der Waals surface area contributed by atoms with Gasteiger partial charge in [-0.25, -0.2) is 9.97 Å². The van der Waals surface area contributed by atoms with E-state index in [1.165, 1.54) is 24.5 Å². The molecule has 0 saturated heterocycles. The molecule has 0 aliphatic carbocycles. The number of aromatic nitrogens is 2. The van der Waals surface area contributed by atoms with Crippen molar-refractivity contribution in [3.05, 3.63) is 45.2 Å². The van der Waals surface area contributed by atoms with Crippen LogP contribution in [-0.2, 0) is 0 Å². The average Bonchev–Trinajstić information content (AvgIpc) is 2.41. The Morgan fingerprint density at radius 1 is 1.40 bits per heavy atom. The van der Waals surface area contributed by atoms with Crippen LogP contribution in [0.15, 0.2) is 24.5 Å². The van der Waals surface area contributed by atoms with Crippen LogP contribution in [0.4, 0.5) is 11.5 Å². The maximum Gasteiger partial charge on any atom is 0.288 e. The summed E-state index contributed by atoms with van der Waals surface area (Å²) in [5, 5.41) is 13.6. The van der Waals surface area contributed by atoms with Crippen molar-refractivity contribution in [3.8, 4) is 11.6 Å². The lowest BCUT2D eigenvalue weighted by Gasteiger charge is -2.10. The number of rotatable bonds is 4. The van der Waals surface area contributed by atoms with Gasteiger partial charge in [-0.2, -0.15) is 0 Å². The van der Waals surface area contributed by atoms with Crippen LogP contribution in [0.3, 0.4) is 0 Å². The first-order valence-electron chi connectivity index (χ1n) is 5.64. The fourth-order valence-electron chi connectivity index (χ4n) is 1.60. The molecule has 0 saturated carbocycles. The maximum absolute atomic E-state index is 10.7. The number of nitrogens with zero attached hydrogens (tertiary/aromatic N) is 3. The Bertz CT molecular complexity index is 663. The number of benzene rings is 1. The Hall–Kier alpha value is -2.41. The summed E-state index contributed by atoms with van der Waals surface area (Å²) in [7, 11) is 1.74. The van der Waals surface area contributed by atoms with Crippen LogP contribution in [0.1, 0.15) is 5.56 Å². The first kappa shape index (κ1) is 14.0. The number of nitro groups is 1. The van der Waals surface area contributed by atoms with Crippen LogP contribution in [0.5, 0.6) is 11.6 Å². The van der Waals surface area contributed by atoms with E-state index in [2.05, 4.69) is 15.3 Å². The highest BCUT2D eigenvalue weighted by molar-refractivity contribution is 6.32. The fourth-order valence-corrected chi connectivity index (χ4v) is 1.84. The van der Waals surface area contributed by atoms with E-state index in [9.17, 15) is 10.1 Å². The van der Waals surface area contributed by atoms with Gasteiger partial charge in [0.1, 0.15) is 22.9 Å². The van der Waals surface area contributed by atoms with E-state index in [-0.39, 0.29) is 10.7 Å². The first-order valence-corrected chi connectivity index (χ1v) is 6.02. The summed E-state index contributed by atoms with van der Waals surface area (Å²) in [5.74, 6) is 1.36. The molecule has 7 nitrogen and oxygen atoms in total. The number of anilines is 1. The molecule has 0 atom stereocenters. The first-order chi connectivity index (χ1) is 9.52. The average molecular weight is 295 g/mol. The molecule has 1 heterocycles. The lowest BCUT2D eigenvalue weighted by molar-refractivity contribution is -0.384. The molecule has 0 bridgehead atoms. The van der Waals surface area contributed by atoms with E-state index in [1.807, 2.05) is 0 Å². The van der Waals surface area contributed by atoms with E-state index in [1.54, 1.807) is 14.0 Å².